The Hall–Kier alpha value is -3.78. The number of imidazole rings is 1. The number of halogens is 1. The largest absolute Gasteiger partial charge is 0.352 e. The van der Waals surface area contributed by atoms with Gasteiger partial charge in [-0.3, -0.25) is 0 Å². The van der Waals surface area contributed by atoms with Gasteiger partial charge in [-0.25, -0.2) is 18.9 Å². The molecule has 5 heterocycles. The number of rotatable bonds is 3. The van der Waals surface area contributed by atoms with Crippen LogP contribution in [0.5, 0.6) is 0 Å². The molecule has 2 atom stereocenters. The van der Waals surface area contributed by atoms with E-state index in [2.05, 4.69) is 34.0 Å². The Balaban J connectivity index is 1.59. The van der Waals surface area contributed by atoms with E-state index in [-0.39, 0.29) is 5.82 Å². The Morgan fingerprint density at radius 3 is 2.55 bits per heavy atom. The summed E-state index contributed by atoms with van der Waals surface area (Å²) >= 11 is 0. The van der Waals surface area contributed by atoms with Crippen LogP contribution in [0.25, 0.3) is 39.2 Å². The highest BCUT2D eigenvalue weighted by Gasteiger charge is 2.24. The first-order valence-electron chi connectivity index (χ1n) is 11.2. The SMILES string of the molecule is CC1CN(c2ccc3nc(-c4ccc(F)cc4)c(-c4ccnc5[nH]ccc45)n3n2)CC(C)N1. The molecular weight excluding hydrogens is 417 g/mol. The molecule has 1 saturated heterocycles. The molecule has 0 bridgehead atoms. The average molecular weight is 442 g/mol. The van der Waals surface area contributed by atoms with Crippen LogP contribution in [0, 0.1) is 5.82 Å². The second-order valence-electron chi connectivity index (χ2n) is 8.75. The summed E-state index contributed by atoms with van der Waals surface area (Å²) in [7, 11) is 0. The Bertz CT molecular complexity index is 1440. The lowest BCUT2D eigenvalue weighted by atomic mass is 10.0. The molecular formula is C25H24FN7. The van der Waals surface area contributed by atoms with Gasteiger partial charge in [-0.15, -0.1) is 5.10 Å². The van der Waals surface area contributed by atoms with Crippen LogP contribution in [0.1, 0.15) is 13.8 Å². The van der Waals surface area contributed by atoms with Crippen molar-refractivity contribution in [1.82, 2.24) is 29.9 Å². The van der Waals surface area contributed by atoms with Crippen LogP contribution in [-0.4, -0.2) is 49.7 Å². The molecule has 1 aliphatic rings. The van der Waals surface area contributed by atoms with Crippen molar-refractivity contribution in [3.05, 3.63) is 66.7 Å². The zero-order valence-electron chi connectivity index (χ0n) is 18.5. The standard InChI is InChI=1S/C25H24FN7/c1-15-13-32(14-16(2)29-15)22-8-7-21-30-23(17-3-5-18(26)6-4-17)24(33(21)31-22)19-9-11-27-25-20(19)10-12-28-25/h3-12,15-16,29H,13-14H2,1-2H3,(H,27,28). The molecule has 6 rings (SSSR count). The van der Waals surface area contributed by atoms with Crippen LogP contribution in [0.15, 0.2) is 60.9 Å². The Morgan fingerprint density at radius 2 is 1.76 bits per heavy atom. The molecule has 8 heteroatoms. The maximum Gasteiger partial charge on any atom is 0.155 e. The molecule has 2 unspecified atom stereocenters. The quantitative estimate of drug-likeness (QED) is 0.438. The second kappa shape index (κ2) is 7.67. The third-order valence-electron chi connectivity index (χ3n) is 6.18. The highest BCUT2D eigenvalue weighted by atomic mass is 19.1. The zero-order valence-corrected chi connectivity index (χ0v) is 18.5. The summed E-state index contributed by atoms with van der Waals surface area (Å²) in [4.78, 5) is 14.8. The van der Waals surface area contributed by atoms with Crippen LogP contribution >= 0.6 is 0 Å². The first kappa shape index (κ1) is 19.9. The average Bonchev–Trinajstić information content (AvgIpc) is 3.43. The Kier molecular flexibility index (Phi) is 4.62. The summed E-state index contributed by atoms with van der Waals surface area (Å²) in [6.45, 7) is 6.15. The molecule has 7 nitrogen and oxygen atoms in total. The van der Waals surface area contributed by atoms with E-state index in [4.69, 9.17) is 10.1 Å². The molecule has 33 heavy (non-hydrogen) atoms. The van der Waals surface area contributed by atoms with Crippen molar-refractivity contribution in [2.24, 2.45) is 0 Å². The number of hydrogen-bond donors (Lipinski definition) is 2. The lowest BCUT2D eigenvalue weighted by molar-refractivity contribution is 0.404. The first-order chi connectivity index (χ1) is 16.1. The van der Waals surface area contributed by atoms with E-state index in [0.29, 0.717) is 12.1 Å². The first-order valence-corrected chi connectivity index (χ1v) is 11.2. The predicted octanol–water partition coefficient (Wildman–Crippen LogP) is 4.27. The van der Waals surface area contributed by atoms with Gasteiger partial charge >= 0.3 is 0 Å². The fourth-order valence-corrected chi connectivity index (χ4v) is 4.82. The highest BCUT2D eigenvalue weighted by Crippen LogP contribution is 2.36. The number of nitrogens with one attached hydrogen (secondary N) is 2. The van der Waals surface area contributed by atoms with Gasteiger partial charge in [0.05, 0.1) is 5.69 Å². The van der Waals surface area contributed by atoms with Crippen LogP contribution in [0.2, 0.25) is 0 Å². The topological polar surface area (TPSA) is 74.1 Å². The molecule has 2 N–H and O–H groups in total. The smallest absolute Gasteiger partial charge is 0.155 e. The summed E-state index contributed by atoms with van der Waals surface area (Å²) in [5, 5.41) is 9.60. The van der Waals surface area contributed by atoms with E-state index in [9.17, 15) is 4.39 Å². The lowest BCUT2D eigenvalue weighted by Gasteiger charge is -2.36. The fourth-order valence-electron chi connectivity index (χ4n) is 4.82. The van der Waals surface area contributed by atoms with Gasteiger partial charge in [-0.05, 0) is 62.4 Å². The number of aromatic amines is 1. The van der Waals surface area contributed by atoms with E-state index in [0.717, 1.165) is 58.1 Å². The third kappa shape index (κ3) is 3.43. The number of benzene rings is 1. The van der Waals surface area contributed by atoms with Crippen molar-refractivity contribution in [3.63, 3.8) is 0 Å². The summed E-state index contributed by atoms with van der Waals surface area (Å²) in [5.74, 6) is 0.634. The minimum absolute atomic E-state index is 0.275. The van der Waals surface area contributed by atoms with E-state index in [1.54, 1.807) is 18.3 Å². The van der Waals surface area contributed by atoms with Crippen molar-refractivity contribution in [3.8, 4) is 22.5 Å². The number of hydrogen-bond acceptors (Lipinski definition) is 5. The minimum atomic E-state index is -0.275. The van der Waals surface area contributed by atoms with Gasteiger partial charge in [-0.1, -0.05) is 0 Å². The van der Waals surface area contributed by atoms with Crippen molar-refractivity contribution in [2.75, 3.05) is 18.0 Å². The van der Waals surface area contributed by atoms with Gasteiger partial charge in [0.15, 0.2) is 5.65 Å². The van der Waals surface area contributed by atoms with Crippen molar-refractivity contribution in [1.29, 1.82) is 0 Å². The highest BCUT2D eigenvalue weighted by molar-refractivity contribution is 5.96. The van der Waals surface area contributed by atoms with Gasteiger partial charge in [0.2, 0.25) is 0 Å². The van der Waals surface area contributed by atoms with Crippen molar-refractivity contribution in [2.45, 2.75) is 25.9 Å². The molecule has 0 aliphatic carbocycles. The molecule has 0 amide bonds. The maximum absolute atomic E-state index is 13.7. The van der Waals surface area contributed by atoms with Crippen molar-refractivity contribution < 1.29 is 4.39 Å². The molecule has 0 radical (unpaired) electrons. The van der Waals surface area contributed by atoms with Crippen LogP contribution in [0.3, 0.4) is 0 Å². The van der Waals surface area contributed by atoms with Crippen LogP contribution in [-0.2, 0) is 0 Å². The Labute approximate surface area is 190 Å². The molecule has 1 aromatic carbocycles. The van der Waals surface area contributed by atoms with Gasteiger partial charge in [-0.2, -0.15) is 0 Å². The number of H-pyrrole nitrogens is 1. The van der Waals surface area contributed by atoms with Gasteiger partial charge in [0.1, 0.15) is 23.0 Å². The van der Waals surface area contributed by atoms with E-state index < -0.39 is 0 Å². The van der Waals surface area contributed by atoms with Crippen LogP contribution in [0.4, 0.5) is 10.2 Å². The summed E-state index contributed by atoms with van der Waals surface area (Å²) < 4.78 is 15.6. The maximum atomic E-state index is 13.7. The van der Waals surface area contributed by atoms with Crippen LogP contribution < -0.4 is 10.2 Å². The minimum Gasteiger partial charge on any atom is -0.352 e. The fraction of sp³-hybridized carbons (Fsp3) is 0.240. The van der Waals surface area contributed by atoms with E-state index >= 15 is 0 Å². The predicted molar refractivity (Wildman–Crippen MR) is 128 cm³/mol. The van der Waals surface area contributed by atoms with E-state index in [1.165, 1.54) is 12.1 Å². The summed E-state index contributed by atoms with van der Waals surface area (Å²) in [6, 6.07) is 15.2. The molecule has 166 valence electrons. The van der Waals surface area contributed by atoms with Crippen molar-refractivity contribution >= 4 is 22.5 Å². The molecule has 0 saturated carbocycles. The number of nitrogens with zero attached hydrogens (tertiary/aromatic N) is 5. The molecule has 5 aromatic rings. The zero-order chi connectivity index (χ0) is 22.5. The van der Waals surface area contributed by atoms with Gasteiger partial charge < -0.3 is 15.2 Å². The van der Waals surface area contributed by atoms with E-state index in [1.807, 2.05) is 35.0 Å². The second-order valence-corrected chi connectivity index (χ2v) is 8.75. The normalized spacial score (nSPS) is 18.9. The summed E-state index contributed by atoms with van der Waals surface area (Å²) in [6.07, 6.45) is 3.66. The third-order valence-corrected chi connectivity index (χ3v) is 6.18. The molecule has 4 aromatic heterocycles. The number of fused-ring (bicyclic) bond motifs is 2. The number of aromatic nitrogens is 5. The number of pyridine rings is 1. The molecule has 1 fully saturated rings. The lowest BCUT2D eigenvalue weighted by Crippen LogP contribution is -2.54. The van der Waals surface area contributed by atoms with Gasteiger partial charge in [0.25, 0.3) is 0 Å². The monoisotopic (exact) mass is 441 g/mol. The summed E-state index contributed by atoms with van der Waals surface area (Å²) in [5.41, 5.74) is 4.97. The molecule has 0 spiro atoms. The Morgan fingerprint density at radius 1 is 0.970 bits per heavy atom. The number of anilines is 1. The molecule has 1 aliphatic heterocycles. The number of piperazine rings is 1. The van der Waals surface area contributed by atoms with Gasteiger partial charge in [0, 0.05) is 54.1 Å².